The number of carbonyl (C=O) groups is 1. The van der Waals surface area contributed by atoms with E-state index in [2.05, 4.69) is 6.07 Å². The molecule has 37 heavy (non-hydrogen) atoms. The SMILES string of the molecule is CCOC(=O)CC(CS(N)(=O)=O)c1ccc(O[C@@H]2CCc3c(Oc4ccc(C#N)cc4)cccc32)cc1. The molecule has 0 spiro atoms. The van der Waals surface area contributed by atoms with Crippen molar-refractivity contribution in [3.05, 3.63) is 89.0 Å². The van der Waals surface area contributed by atoms with E-state index in [1.165, 1.54) is 0 Å². The number of hydrogen-bond donors (Lipinski definition) is 1. The number of carbonyl (C=O) groups excluding carboxylic acids is 1. The molecule has 1 aliphatic rings. The molecule has 3 aromatic rings. The van der Waals surface area contributed by atoms with E-state index >= 15 is 0 Å². The largest absolute Gasteiger partial charge is 0.486 e. The Morgan fingerprint density at radius 3 is 2.43 bits per heavy atom. The number of benzene rings is 3. The van der Waals surface area contributed by atoms with Gasteiger partial charge in [-0.3, -0.25) is 4.79 Å². The highest BCUT2D eigenvalue weighted by Crippen LogP contribution is 2.41. The van der Waals surface area contributed by atoms with Gasteiger partial charge in [0.05, 0.1) is 30.4 Å². The Balaban J connectivity index is 1.47. The van der Waals surface area contributed by atoms with Crippen LogP contribution in [-0.4, -0.2) is 26.7 Å². The minimum absolute atomic E-state index is 0.0809. The van der Waals surface area contributed by atoms with Gasteiger partial charge >= 0.3 is 5.97 Å². The minimum Gasteiger partial charge on any atom is -0.486 e. The first-order valence-corrected chi connectivity index (χ1v) is 13.7. The Morgan fingerprint density at radius 1 is 1.08 bits per heavy atom. The molecule has 2 atom stereocenters. The average molecular weight is 521 g/mol. The van der Waals surface area contributed by atoms with E-state index in [0.717, 1.165) is 29.7 Å². The highest BCUT2D eigenvalue weighted by Gasteiger charge is 2.27. The van der Waals surface area contributed by atoms with Crippen molar-refractivity contribution >= 4 is 16.0 Å². The lowest BCUT2D eigenvalue weighted by Crippen LogP contribution is -2.24. The first-order chi connectivity index (χ1) is 17.8. The molecular weight excluding hydrogens is 492 g/mol. The maximum atomic E-state index is 12.0. The summed E-state index contributed by atoms with van der Waals surface area (Å²) in [6, 6.07) is 22.0. The van der Waals surface area contributed by atoms with Crippen LogP contribution in [0.3, 0.4) is 0 Å². The summed E-state index contributed by atoms with van der Waals surface area (Å²) in [6.07, 6.45) is 1.33. The van der Waals surface area contributed by atoms with Crippen LogP contribution in [0.5, 0.6) is 17.2 Å². The van der Waals surface area contributed by atoms with Crippen molar-refractivity contribution in [2.24, 2.45) is 5.14 Å². The lowest BCUT2D eigenvalue weighted by molar-refractivity contribution is -0.143. The molecule has 0 fully saturated rings. The molecular formula is C28H28N2O6S. The smallest absolute Gasteiger partial charge is 0.306 e. The third-order valence-corrected chi connectivity index (χ3v) is 7.03. The molecule has 0 aromatic heterocycles. The third-order valence-electron chi connectivity index (χ3n) is 6.17. The van der Waals surface area contributed by atoms with Crippen molar-refractivity contribution in [2.75, 3.05) is 12.4 Å². The zero-order valence-corrected chi connectivity index (χ0v) is 21.2. The van der Waals surface area contributed by atoms with E-state index < -0.39 is 21.9 Å². The normalized spacial score (nSPS) is 15.3. The van der Waals surface area contributed by atoms with Crippen LogP contribution in [0.2, 0.25) is 0 Å². The summed E-state index contributed by atoms with van der Waals surface area (Å²) < 4.78 is 40.8. The summed E-state index contributed by atoms with van der Waals surface area (Å²) in [5, 5.41) is 14.2. The molecule has 1 unspecified atom stereocenters. The van der Waals surface area contributed by atoms with Crippen LogP contribution in [-0.2, 0) is 26.0 Å². The zero-order valence-electron chi connectivity index (χ0n) is 20.4. The Kier molecular flexibility index (Phi) is 8.11. The highest BCUT2D eigenvalue weighted by atomic mass is 32.2. The van der Waals surface area contributed by atoms with Gasteiger partial charge in [-0.2, -0.15) is 5.26 Å². The zero-order chi connectivity index (χ0) is 26.4. The topological polar surface area (TPSA) is 129 Å². The lowest BCUT2D eigenvalue weighted by atomic mass is 9.97. The maximum absolute atomic E-state index is 12.0. The van der Waals surface area contributed by atoms with Crippen LogP contribution in [0.1, 0.15) is 54.0 Å². The van der Waals surface area contributed by atoms with Gasteiger partial charge in [-0.25, -0.2) is 13.6 Å². The minimum atomic E-state index is -3.79. The molecule has 4 rings (SSSR count). The van der Waals surface area contributed by atoms with Crippen LogP contribution in [0.25, 0.3) is 0 Å². The molecule has 0 bridgehead atoms. The fourth-order valence-corrected chi connectivity index (χ4v) is 5.35. The van der Waals surface area contributed by atoms with Crippen LogP contribution in [0, 0.1) is 11.3 Å². The number of primary sulfonamides is 1. The van der Waals surface area contributed by atoms with Gasteiger partial charge in [0, 0.05) is 11.5 Å². The van der Waals surface area contributed by atoms with Crippen molar-refractivity contribution in [1.82, 2.24) is 0 Å². The van der Waals surface area contributed by atoms with E-state index in [1.807, 2.05) is 18.2 Å². The predicted molar refractivity (Wildman–Crippen MR) is 138 cm³/mol. The number of nitrogens with zero attached hydrogens (tertiary/aromatic N) is 1. The molecule has 0 saturated heterocycles. The number of nitrogens with two attached hydrogens (primary N) is 1. The Labute approximate surface area is 216 Å². The predicted octanol–water partition coefficient (Wildman–Crippen LogP) is 4.74. The average Bonchev–Trinajstić information content (AvgIpc) is 3.27. The van der Waals surface area contributed by atoms with Crippen LogP contribution < -0.4 is 14.6 Å². The molecule has 0 heterocycles. The summed E-state index contributed by atoms with van der Waals surface area (Å²) in [5.41, 5.74) is 3.36. The number of hydrogen-bond acceptors (Lipinski definition) is 7. The van der Waals surface area contributed by atoms with Crippen molar-refractivity contribution in [2.45, 2.75) is 38.2 Å². The number of esters is 1. The molecule has 8 nitrogen and oxygen atoms in total. The molecule has 3 aromatic carbocycles. The standard InChI is InChI=1S/C28H28N2O6S/c1-2-34-28(31)16-21(18-37(30,32)33)20-8-12-23(13-9-20)36-27-15-14-25-24(27)4-3-5-26(25)35-22-10-6-19(17-29)7-11-22/h3-13,21,27H,2,14-16,18H2,1H3,(H2,30,32,33)/t21?,27-/m1/s1. The summed E-state index contributed by atoms with van der Waals surface area (Å²) >= 11 is 0. The number of rotatable bonds is 10. The van der Waals surface area contributed by atoms with Gasteiger partial charge in [0.15, 0.2) is 0 Å². The fourth-order valence-electron chi connectivity index (χ4n) is 4.48. The second-order valence-corrected chi connectivity index (χ2v) is 10.5. The molecule has 1 aliphatic carbocycles. The summed E-state index contributed by atoms with van der Waals surface area (Å²) in [5.74, 6) is 0.600. The van der Waals surface area contributed by atoms with Gasteiger partial charge in [-0.1, -0.05) is 24.3 Å². The molecule has 0 radical (unpaired) electrons. The number of sulfonamides is 1. The van der Waals surface area contributed by atoms with Gasteiger partial charge < -0.3 is 14.2 Å². The quantitative estimate of drug-likeness (QED) is 0.382. The van der Waals surface area contributed by atoms with Crippen LogP contribution >= 0.6 is 0 Å². The molecule has 0 amide bonds. The van der Waals surface area contributed by atoms with Gasteiger partial charge in [0.1, 0.15) is 23.4 Å². The van der Waals surface area contributed by atoms with Crippen LogP contribution in [0.4, 0.5) is 0 Å². The van der Waals surface area contributed by atoms with Crippen molar-refractivity contribution in [3.63, 3.8) is 0 Å². The van der Waals surface area contributed by atoms with E-state index in [0.29, 0.717) is 22.6 Å². The van der Waals surface area contributed by atoms with Gasteiger partial charge in [-0.05, 0) is 73.4 Å². The second kappa shape index (κ2) is 11.5. The van der Waals surface area contributed by atoms with E-state index in [9.17, 15) is 13.2 Å². The van der Waals surface area contributed by atoms with Crippen molar-refractivity contribution < 1.29 is 27.4 Å². The molecule has 2 N–H and O–H groups in total. The van der Waals surface area contributed by atoms with Gasteiger partial charge in [0.25, 0.3) is 0 Å². The Bertz CT molecular complexity index is 1400. The van der Waals surface area contributed by atoms with Gasteiger partial charge in [0.2, 0.25) is 10.0 Å². The molecule has 0 saturated carbocycles. The third kappa shape index (κ3) is 6.88. The van der Waals surface area contributed by atoms with E-state index in [1.54, 1.807) is 55.5 Å². The van der Waals surface area contributed by atoms with Crippen molar-refractivity contribution in [3.8, 4) is 23.3 Å². The van der Waals surface area contributed by atoms with Crippen molar-refractivity contribution in [1.29, 1.82) is 5.26 Å². The second-order valence-electron chi connectivity index (χ2n) is 8.81. The molecule has 0 aliphatic heterocycles. The van der Waals surface area contributed by atoms with Crippen LogP contribution in [0.15, 0.2) is 66.7 Å². The van der Waals surface area contributed by atoms with E-state index in [-0.39, 0.29) is 24.9 Å². The summed E-state index contributed by atoms with van der Waals surface area (Å²) in [4.78, 5) is 12.0. The monoisotopic (exact) mass is 520 g/mol. The number of ether oxygens (including phenoxy) is 3. The Hall–Kier alpha value is -3.87. The fraction of sp³-hybridized carbons (Fsp3) is 0.286. The van der Waals surface area contributed by atoms with E-state index in [4.69, 9.17) is 24.6 Å². The summed E-state index contributed by atoms with van der Waals surface area (Å²) in [6.45, 7) is 1.92. The first kappa shape index (κ1) is 26.2. The first-order valence-electron chi connectivity index (χ1n) is 12.0. The maximum Gasteiger partial charge on any atom is 0.306 e. The number of nitriles is 1. The Morgan fingerprint density at radius 2 is 1.78 bits per heavy atom. The summed E-state index contributed by atoms with van der Waals surface area (Å²) in [7, 11) is -3.79. The van der Waals surface area contributed by atoms with Gasteiger partial charge in [-0.15, -0.1) is 0 Å². The molecule has 9 heteroatoms. The highest BCUT2D eigenvalue weighted by molar-refractivity contribution is 7.89. The number of fused-ring (bicyclic) bond motifs is 1. The molecule has 192 valence electrons. The lowest BCUT2D eigenvalue weighted by Gasteiger charge is -2.18.